The minimum atomic E-state index is -2.33. The van der Waals surface area contributed by atoms with Crippen LogP contribution in [0.25, 0.3) is 0 Å². The van der Waals surface area contributed by atoms with Crippen LogP contribution < -0.4 is 0 Å². The van der Waals surface area contributed by atoms with Gasteiger partial charge in [0, 0.05) is 12.8 Å². The number of hydrogen-bond donors (Lipinski definition) is 0. The van der Waals surface area contributed by atoms with E-state index < -0.39 is 7.37 Å². The Morgan fingerprint density at radius 2 is 2.30 bits per heavy atom. The van der Waals surface area contributed by atoms with Gasteiger partial charge < -0.3 is 4.52 Å². The first kappa shape index (κ1) is 9.93. The zero-order chi connectivity index (χ0) is 8.04. The minimum absolute atomic E-state index is 0.479. The van der Waals surface area contributed by atoms with E-state index in [1.165, 1.54) is 0 Å². The smallest absolute Gasteiger partial charge is 0.203 e. The van der Waals surface area contributed by atoms with Gasteiger partial charge in [-0.3, -0.25) is 4.57 Å². The first-order chi connectivity index (χ1) is 4.62. The number of hydrogen-bond acceptors (Lipinski definition) is 2. The predicted octanol–water partition coefficient (Wildman–Crippen LogP) is 2.51. The van der Waals surface area contributed by atoms with Crippen molar-refractivity contribution in [2.75, 3.05) is 19.4 Å². The molecule has 0 fully saturated rings. The van der Waals surface area contributed by atoms with E-state index in [0.717, 1.165) is 6.42 Å². The van der Waals surface area contributed by atoms with Crippen LogP contribution in [0.15, 0.2) is 12.7 Å². The first-order valence-electron chi connectivity index (χ1n) is 3.44. The number of rotatable bonds is 5. The van der Waals surface area contributed by atoms with Crippen molar-refractivity contribution in [1.82, 2.24) is 0 Å². The SMILES string of the molecule is C=CCP(C)(=O)OCCC. The molecule has 0 aliphatic rings. The van der Waals surface area contributed by atoms with Crippen LogP contribution in [0.5, 0.6) is 0 Å². The summed E-state index contributed by atoms with van der Waals surface area (Å²) < 4.78 is 16.4. The summed E-state index contributed by atoms with van der Waals surface area (Å²) in [5, 5.41) is 0. The molecule has 0 radical (unpaired) electrons. The van der Waals surface area contributed by atoms with E-state index in [0.29, 0.717) is 12.8 Å². The molecule has 2 nitrogen and oxygen atoms in total. The third-order valence-corrected chi connectivity index (χ3v) is 2.68. The Morgan fingerprint density at radius 3 is 2.70 bits per heavy atom. The maximum atomic E-state index is 11.3. The third-order valence-electron chi connectivity index (χ3n) is 1.03. The molecule has 0 heterocycles. The Morgan fingerprint density at radius 1 is 1.70 bits per heavy atom. The molecule has 0 aliphatic heterocycles. The molecule has 3 heteroatoms. The van der Waals surface area contributed by atoms with Crippen LogP contribution in [0, 0.1) is 0 Å². The van der Waals surface area contributed by atoms with Crippen LogP contribution in [-0.2, 0) is 9.09 Å². The van der Waals surface area contributed by atoms with Crippen LogP contribution >= 0.6 is 7.37 Å². The maximum absolute atomic E-state index is 11.3. The highest BCUT2D eigenvalue weighted by Crippen LogP contribution is 2.42. The summed E-state index contributed by atoms with van der Waals surface area (Å²) in [5.74, 6) is 0. The first-order valence-corrected chi connectivity index (χ1v) is 5.70. The van der Waals surface area contributed by atoms with E-state index in [2.05, 4.69) is 6.58 Å². The lowest BCUT2D eigenvalue weighted by Crippen LogP contribution is -1.92. The zero-order valence-electron chi connectivity index (χ0n) is 6.67. The second-order valence-corrected chi connectivity index (χ2v) is 4.97. The molecule has 1 atom stereocenters. The van der Waals surface area contributed by atoms with Gasteiger partial charge in [-0.05, 0) is 6.42 Å². The molecule has 0 N–H and O–H groups in total. The van der Waals surface area contributed by atoms with E-state index in [1.54, 1.807) is 12.7 Å². The van der Waals surface area contributed by atoms with Crippen molar-refractivity contribution in [3.8, 4) is 0 Å². The lowest BCUT2D eigenvalue weighted by molar-refractivity contribution is 0.318. The minimum Gasteiger partial charge on any atom is -0.328 e. The van der Waals surface area contributed by atoms with Crippen LogP contribution in [0.2, 0.25) is 0 Å². The van der Waals surface area contributed by atoms with Crippen molar-refractivity contribution in [2.45, 2.75) is 13.3 Å². The quantitative estimate of drug-likeness (QED) is 0.458. The molecule has 60 valence electrons. The molecule has 0 bridgehead atoms. The fraction of sp³-hybridized carbons (Fsp3) is 0.714. The molecule has 0 aromatic carbocycles. The second-order valence-electron chi connectivity index (χ2n) is 2.32. The zero-order valence-corrected chi connectivity index (χ0v) is 7.56. The van der Waals surface area contributed by atoms with Crippen molar-refractivity contribution in [2.24, 2.45) is 0 Å². The molecule has 0 rings (SSSR count). The Balaban J connectivity index is 3.63. The summed E-state index contributed by atoms with van der Waals surface area (Å²) >= 11 is 0. The van der Waals surface area contributed by atoms with Gasteiger partial charge in [0.1, 0.15) is 0 Å². The van der Waals surface area contributed by atoms with E-state index in [-0.39, 0.29) is 0 Å². The van der Waals surface area contributed by atoms with Crippen LogP contribution in [0.4, 0.5) is 0 Å². The van der Waals surface area contributed by atoms with Gasteiger partial charge >= 0.3 is 0 Å². The van der Waals surface area contributed by atoms with Gasteiger partial charge in [-0.2, -0.15) is 0 Å². The largest absolute Gasteiger partial charge is 0.328 e. The van der Waals surface area contributed by atoms with Crippen LogP contribution in [0.3, 0.4) is 0 Å². The maximum Gasteiger partial charge on any atom is 0.203 e. The van der Waals surface area contributed by atoms with Crippen molar-refractivity contribution in [3.05, 3.63) is 12.7 Å². The van der Waals surface area contributed by atoms with E-state index in [9.17, 15) is 4.57 Å². The Hall–Kier alpha value is -0.0700. The van der Waals surface area contributed by atoms with Crippen LogP contribution in [-0.4, -0.2) is 19.4 Å². The fourth-order valence-corrected chi connectivity index (χ4v) is 1.71. The molecule has 1 unspecified atom stereocenters. The summed E-state index contributed by atoms with van der Waals surface area (Å²) in [5.41, 5.74) is 0. The molecule has 0 aromatic heterocycles. The van der Waals surface area contributed by atoms with Gasteiger partial charge in [-0.25, -0.2) is 0 Å². The molecule has 0 amide bonds. The lowest BCUT2D eigenvalue weighted by atomic mass is 10.5. The molecule has 0 spiro atoms. The topological polar surface area (TPSA) is 26.3 Å². The van der Waals surface area contributed by atoms with Gasteiger partial charge in [0.15, 0.2) is 0 Å². The lowest BCUT2D eigenvalue weighted by Gasteiger charge is -2.09. The highest BCUT2D eigenvalue weighted by atomic mass is 31.2. The molecule has 10 heavy (non-hydrogen) atoms. The van der Waals surface area contributed by atoms with Gasteiger partial charge in [-0.15, -0.1) is 6.58 Å². The van der Waals surface area contributed by atoms with E-state index in [1.807, 2.05) is 6.92 Å². The summed E-state index contributed by atoms with van der Waals surface area (Å²) in [6.07, 6.45) is 3.03. The Bertz CT molecular complexity index is 143. The van der Waals surface area contributed by atoms with Gasteiger partial charge in [0.25, 0.3) is 0 Å². The van der Waals surface area contributed by atoms with E-state index >= 15 is 0 Å². The molecule has 0 aromatic rings. The Kier molecular flexibility index (Phi) is 4.67. The normalized spacial score (nSPS) is 16.2. The average Bonchev–Trinajstić information content (AvgIpc) is 1.84. The average molecular weight is 162 g/mol. The molecule has 0 saturated heterocycles. The second kappa shape index (κ2) is 4.70. The van der Waals surface area contributed by atoms with E-state index in [4.69, 9.17) is 4.52 Å². The number of allylic oxidation sites excluding steroid dienone is 1. The summed E-state index contributed by atoms with van der Waals surface area (Å²) in [4.78, 5) is 0. The highest BCUT2D eigenvalue weighted by molar-refractivity contribution is 7.58. The van der Waals surface area contributed by atoms with Gasteiger partial charge in [0.2, 0.25) is 7.37 Å². The molecular formula is C7H15O2P. The van der Waals surface area contributed by atoms with Crippen LogP contribution in [0.1, 0.15) is 13.3 Å². The van der Waals surface area contributed by atoms with Gasteiger partial charge in [-0.1, -0.05) is 13.0 Å². The van der Waals surface area contributed by atoms with Crippen molar-refractivity contribution in [3.63, 3.8) is 0 Å². The van der Waals surface area contributed by atoms with Crippen molar-refractivity contribution in [1.29, 1.82) is 0 Å². The Labute approximate surface area is 62.7 Å². The van der Waals surface area contributed by atoms with Crippen molar-refractivity contribution < 1.29 is 9.09 Å². The standard InChI is InChI=1S/C7H15O2P/c1-4-6-9-10(3,8)7-5-2/h5H,2,4,6-7H2,1,3H3. The monoisotopic (exact) mass is 162 g/mol. The summed E-state index contributed by atoms with van der Waals surface area (Å²) in [6.45, 7) is 7.72. The molecular weight excluding hydrogens is 147 g/mol. The van der Waals surface area contributed by atoms with Crippen molar-refractivity contribution >= 4 is 7.37 Å². The third kappa shape index (κ3) is 4.78. The predicted molar refractivity (Wildman–Crippen MR) is 44.8 cm³/mol. The summed E-state index contributed by atoms with van der Waals surface area (Å²) in [6, 6.07) is 0. The highest BCUT2D eigenvalue weighted by Gasteiger charge is 2.11. The summed E-state index contributed by atoms with van der Waals surface area (Å²) in [7, 11) is -2.33. The fourth-order valence-electron chi connectivity index (χ4n) is 0.572. The molecule has 0 saturated carbocycles. The molecule has 0 aliphatic carbocycles. The van der Waals surface area contributed by atoms with Gasteiger partial charge in [0.05, 0.1) is 6.61 Å².